The van der Waals surface area contributed by atoms with Crippen LogP contribution in [0.15, 0.2) is 24.3 Å². The first-order chi connectivity index (χ1) is 13.3. The minimum absolute atomic E-state index is 0.186. The fourth-order valence-corrected chi connectivity index (χ4v) is 3.39. The van der Waals surface area contributed by atoms with Crippen LogP contribution in [0.5, 0.6) is 0 Å². The Kier molecular flexibility index (Phi) is 5.50. The molecule has 1 aliphatic rings. The zero-order valence-corrected chi connectivity index (χ0v) is 16.3. The summed E-state index contributed by atoms with van der Waals surface area (Å²) in [6, 6.07) is 5.35. The van der Waals surface area contributed by atoms with Crippen LogP contribution in [-0.4, -0.2) is 46.4 Å². The summed E-state index contributed by atoms with van der Waals surface area (Å²) in [4.78, 5) is 49.6. The number of esters is 1. The first-order valence-electron chi connectivity index (χ1n) is 8.56. The number of hydrogen-bond donors (Lipinski definition) is 1. The largest absolute Gasteiger partial charge is 0.454 e. The monoisotopic (exact) mass is 402 g/mol. The number of para-hydroxylation sites is 1. The van der Waals surface area contributed by atoms with Gasteiger partial charge in [0, 0.05) is 5.92 Å². The smallest absolute Gasteiger partial charge is 0.329 e. The molecule has 0 fully saturated rings. The topological polar surface area (TPSA) is 119 Å². The molecule has 0 aliphatic carbocycles. The average Bonchev–Trinajstić information content (AvgIpc) is 3.23. The van der Waals surface area contributed by atoms with Gasteiger partial charge in [-0.2, -0.15) is 0 Å². The van der Waals surface area contributed by atoms with Gasteiger partial charge < -0.3 is 4.74 Å². The summed E-state index contributed by atoms with van der Waals surface area (Å²) in [5, 5.41) is 11.4. The second-order valence-corrected chi connectivity index (χ2v) is 7.46. The van der Waals surface area contributed by atoms with Gasteiger partial charge in [-0.1, -0.05) is 37.3 Å². The third-order valence-electron chi connectivity index (χ3n) is 4.08. The van der Waals surface area contributed by atoms with Crippen molar-refractivity contribution in [2.45, 2.75) is 32.7 Å². The Balaban J connectivity index is 1.59. The van der Waals surface area contributed by atoms with Crippen LogP contribution in [0, 0.1) is 0 Å². The number of fused-ring (bicyclic) bond motifs is 1. The van der Waals surface area contributed by atoms with Gasteiger partial charge >= 0.3 is 5.97 Å². The number of aromatic nitrogens is 2. The first kappa shape index (κ1) is 19.6. The van der Waals surface area contributed by atoms with E-state index in [-0.39, 0.29) is 11.5 Å². The number of Topliss-reactive ketones (excluding diaryl/α,β-unsaturated/α-hetero) is 1. The standard InChI is InChI=1S/C18H18N4O5S/c1-9(2)15-20-21-18(28-15)19-13(23)8-27-17(26)10(3)22-12-7-5-4-6-11(12)14(24)16(22)25/h4-7,9-10H,8H2,1-3H3,(H,19,21,23). The van der Waals surface area contributed by atoms with Crippen LogP contribution in [0.3, 0.4) is 0 Å². The van der Waals surface area contributed by atoms with E-state index >= 15 is 0 Å². The summed E-state index contributed by atoms with van der Waals surface area (Å²) in [6.45, 7) is 4.81. The van der Waals surface area contributed by atoms with Crippen molar-refractivity contribution in [2.24, 2.45) is 0 Å². The molecular weight excluding hydrogens is 384 g/mol. The minimum Gasteiger partial charge on any atom is -0.454 e. The Morgan fingerprint density at radius 1 is 1.18 bits per heavy atom. The minimum atomic E-state index is -1.05. The van der Waals surface area contributed by atoms with Gasteiger partial charge in [0.05, 0.1) is 11.3 Å². The molecule has 0 bridgehead atoms. The van der Waals surface area contributed by atoms with E-state index < -0.39 is 36.2 Å². The summed E-state index contributed by atoms with van der Waals surface area (Å²) >= 11 is 1.24. The Hall–Kier alpha value is -3.14. The summed E-state index contributed by atoms with van der Waals surface area (Å²) < 4.78 is 5.00. The van der Waals surface area contributed by atoms with E-state index in [1.54, 1.807) is 18.2 Å². The van der Waals surface area contributed by atoms with E-state index in [9.17, 15) is 19.2 Å². The van der Waals surface area contributed by atoms with Crippen molar-refractivity contribution in [1.82, 2.24) is 10.2 Å². The van der Waals surface area contributed by atoms with Crippen molar-refractivity contribution < 1.29 is 23.9 Å². The summed E-state index contributed by atoms with van der Waals surface area (Å²) in [5.74, 6) is -2.66. The lowest BCUT2D eigenvalue weighted by molar-refractivity contribution is -0.148. The van der Waals surface area contributed by atoms with Gasteiger partial charge in [0.15, 0.2) is 6.61 Å². The van der Waals surface area contributed by atoms with Gasteiger partial charge in [0.1, 0.15) is 11.0 Å². The van der Waals surface area contributed by atoms with Gasteiger partial charge in [0.25, 0.3) is 17.6 Å². The van der Waals surface area contributed by atoms with E-state index in [1.165, 1.54) is 24.3 Å². The van der Waals surface area contributed by atoms with Crippen LogP contribution < -0.4 is 10.2 Å². The number of nitrogens with one attached hydrogen (secondary N) is 1. The number of benzene rings is 1. The fraction of sp³-hybridized carbons (Fsp3) is 0.333. The molecule has 10 heteroatoms. The molecule has 2 aromatic rings. The van der Waals surface area contributed by atoms with Crippen LogP contribution >= 0.6 is 11.3 Å². The van der Waals surface area contributed by atoms with Crippen molar-refractivity contribution in [1.29, 1.82) is 0 Å². The molecule has 9 nitrogen and oxygen atoms in total. The highest BCUT2D eigenvalue weighted by molar-refractivity contribution is 7.15. The quantitative estimate of drug-likeness (QED) is 0.578. The number of hydrogen-bond acceptors (Lipinski definition) is 8. The molecule has 1 aliphatic heterocycles. The predicted molar refractivity (Wildman–Crippen MR) is 101 cm³/mol. The zero-order valence-electron chi connectivity index (χ0n) is 15.5. The van der Waals surface area contributed by atoms with E-state index in [2.05, 4.69) is 15.5 Å². The molecule has 1 aromatic heterocycles. The van der Waals surface area contributed by atoms with Gasteiger partial charge in [-0.25, -0.2) is 4.79 Å². The number of carbonyl (C=O) groups is 4. The molecule has 28 heavy (non-hydrogen) atoms. The molecule has 0 saturated heterocycles. The van der Waals surface area contributed by atoms with Crippen molar-refractivity contribution in [2.75, 3.05) is 16.8 Å². The molecule has 0 radical (unpaired) electrons. The SMILES string of the molecule is CC(C)c1nnc(NC(=O)COC(=O)C(C)N2C(=O)C(=O)c3ccccc32)s1. The van der Waals surface area contributed by atoms with E-state index in [0.29, 0.717) is 10.8 Å². The normalized spacial score (nSPS) is 14.2. The average molecular weight is 402 g/mol. The number of nitrogens with zero attached hydrogens (tertiary/aromatic N) is 3. The highest BCUT2D eigenvalue weighted by atomic mass is 32.1. The molecule has 1 unspecified atom stereocenters. The molecule has 1 N–H and O–H groups in total. The Labute approximate surface area is 164 Å². The predicted octanol–water partition coefficient (Wildman–Crippen LogP) is 1.76. The third kappa shape index (κ3) is 3.77. The van der Waals surface area contributed by atoms with Crippen molar-refractivity contribution >= 4 is 45.7 Å². The summed E-state index contributed by atoms with van der Waals surface area (Å²) in [5.41, 5.74) is 0.587. The summed E-state index contributed by atoms with van der Waals surface area (Å²) in [7, 11) is 0. The maximum atomic E-state index is 12.3. The highest BCUT2D eigenvalue weighted by Crippen LogP contribution is 2.30. The number of ether oxygens (including phenoxy) is 1. The van der Waals surface area contributed by atoms with Crippen LogP contribution in [0.25, 0.3) is 0 Å². The zero-order chi connectivity index (χ0) is 20.4. The second kappa shape index (κ2) is 7.85. The number of ketones is 1. The molecule has 0 saturated carbocycles. The molecule has 3 rings (SSSR count). The molecule has 146 valence electrons. The van der Waals surface area contributed by atoms with Crippen molar-refractivity contribution in [3.05, 3.63) is 34.8 Å². The number of rotatable bonds is 6. The van der Waals surface area contributed by atoms with Crippen LogP contribution in [0.1, 0.15) is 42.1 Å². The lowest BCUT2D eigenvalue weighted by Gasteiger charge is -2.22. The van der Waals surface area contributed by atoms with E-state index in [1.807, 2.05) is 13.8 Å². The van der Waals surface area contributed by atoms with E-state index in [0.717, 1.165) is 9.91 Å². The number of anilines is 2. The molecular formula is C18H18N4O5S. The molecule has 2 heterocycles. The summed E-state index contributed by atoms with van der Waals surface area (Å²) in [6.07, 6.45) is 0. The van der Waals surface area contributed by atoms with Crippen LogP contribution in [0.4, 0.5) is 10.8 Å². The maximum absolute atomic E-state index is 12.3. The Morgan fingerprint density at radius 2 is 1.89 bits per heavy atom. The van der Waals surface area contributed by atoms with Gasteiger partial charge in [-0.05, 0) is 19.1 Å². The van der Waals surface area contributed by atoms with E-state index in [4.69, 9.17) is 4.74 Å². The third-order valence-corrected chi connectivity index (χ3v) is 5.22. The van der Waals surface area contributed by atoms with Gasteiger partial charge in [0.2, 0.25) is 5.13 Å². The fourth-order valence-electron chi connectivity index (χ4n) is 2.63. The molecule has 1 aromatic carbocycles. The molecule has 0 spiro atoms. The molecule has 1 atom stereocenters. The number of carbonyl (C=O) groups excluding carboxylic acids is 4. The lowest BCUT2D eigenvalue weighted by Crippen LogP contribution is -2.44. The number of amides is 2. The van der Waals surface area contributed by atoms with Gasteiger partial charge in [-0.3, -0.25) is 24.6 Å². The Bertz CT molecular complexity index is 955. The molecule has 2 amide bonds. The van der Waals surface area contributed by atoms with Crippen LogP contribution in [-0.2, 0) is 19.1 Å². The van der Waals surface area contributed by atoms with Gasteiger partial charge in [-0.15, -0.1) is 10.2 Å². The second-order valence-electron chi connectivity index (χ2n) is 6.45. The van der Waals surface area contributed by atoms with Crippen LogP contribution in [0.2, 0.25) is 0 Å². The van der Waals surface area contributed by atoms with Crippen molar-refractivity contribution in [3.63, 3.8) is 0 Å². The maximum Gasteiger partial charge on any atom is 0.329 e. The first-order valence-corrected chi connectivity index (χ1v) is 9.38. The highest BCUT2D eigenvalue weighted by Gasteiger charge is 2.41. The lowest BCUT2D eigenvalue weighted by atomic mass is 10.1. The van der Waals surface area contributed by atoms with Crippen molar-refractivity contribution in [3.8, 4) is 0 Å². The Morgan fingerprint density at radius 3 is 2.57 bits per heavy atom.